The maximum atomic E-state index is 5.32. The SMILES string of the molecule is NCCOCC/C=C1\C=CC=CC=CC1. The summed E-state index contributed by atoms with van der Waals surface area (Å²) >= 11 is 0. The fourth-order valence-corrected chi connectivity index (χ4v) is 1.32. The molecule has 2 N–H and O–H groups in total. The third-order valence-electron chi connectivity index (χ3n) is 2.06. The van der Waals surface area contributed by atoms with Crippen LogP contribution < -0.4 is 5.73 Å². The number of hydrogen-bond donors (Lipinski definition) is 1. The highest BCUT2D eigenvalue weighted by Crippen LogP contribution is 2.08. The van der Waals surface area contributed by atoms with Crippen LogP contribution in [0, 0.1) is 0 Å². The van der Waals surface area contributed by atoms with E-state index in [1.54, 1.807) is 0 Å². The molecule has 15 heavy (non-hydrogen) atoms. The Bertz CT molecular complexity index is 274. The van der Waals surface area contributed by atoms with Gasteiger partial charge in [0.15, 0.2) is 0 Å². The number of hydrogen-bond acceptors (Lipinski definition) is 2. The van der Waals surface area contributed by atoms with Gasteiger partial charge >= 0.3 is 0 Å². The predicted octanol–water partition coefficient (Wildman–Crippen LogP) is 2.35. The van der Waals surface area contributed by atoms with E-state index in [0.717, 1.165) is 19.4 Å². The lowest BCUT2D eigenvalue weighted by atomic mass is 10.1. The van der Waals surface area contributed by atoms with Crippen molar-refractivity contribution >= 4 is 0 Å². The monoisotopic (exact) mass is 205 g/mol. The molecule has 0 saturated carbocycles. The van der Waals surface area contributed by atoms with Crippen LogP contribution in [0.1, 0.15) is 12.8 Å². The predicted molar refractivity (Wildman–Crippen MR) is 64.6 cm³/mol. The lowest BCUT2D eigenvalue weighted by Gasteiger charge is -2.01. The second-order valence-corrected chi connectivity index (χ2v) is 3.35. The largest absolute Gasteiger partial charge is 0.380 e. The van der Waals surface area contributed by atoms with E-state index in [-0.39, 0.29) is 0 Å². The van der Waals surface area contributed by atoms with E-state index < -0.39 is 0 Å². The third kappa shape index (κ3) is 6.05. The van der Waals surface area contributed by atoms with Crippen LogP contribution in [-0.2, 0) is 4.74 Å². The summed E-state index contributed by atoms with van der Waals surface area (Å²) in [7, 11) is 0. The van der Waals surface area contributed by atoms with Crippen molar-refractivity contribution in [2.45, 2.75) is 12.8 Å². The van der Waals surface area contributed by atoms with Crippen molar-refractivity contribution in [1.29, 1.82) is 0 Å². The Kier molecular flexibility index (Phi) is 6.54. The molecule has 82 valence electrons. The van der Waals surface area contributed by atoms with Crippen molar-refractivity contribution in [3.05, 3.63) is 48.1 Å². The number of rotatable bonds is 5. The summed E-state index contributed by atoms with van der Waals surface area (Å²) in [4.78, 5) is 0. The van der Waals surface area contributed by atoms with E-state index in [4.69, 9.17) is 10.5 Å². The zero-order valence-electron chi connectivity index (χ0n) is 9.06. The second-order valence-electron chi connectivity index (χ2n) is 3.35. The summed E-state index contributed by atoms with van der Waals surface area (Å²) in [6, 6.07) is 0. The van der Waals surface area contributed by atoms with Crippen molar-refractivity contribution in [2.24, 2.45) is 5.73 Å². The quantitative estimate of drug-likeness (QED) is 0.699. The maximum Gasteiger partial charge on any atom is 0.0588 e. The Morgan fingerprint density at radius 2 is 2.07 bits per heavy atom. The maximum absolute atomic E-state index is 5.32. The normalized spacial score (nSPS) is 18.1. The van der Waals surface area contributed by atoms with E-state index >= 15 is 0 Å². The summed E-state index contributed by atoms with van der Waals surface area (Å²) in [5.74, 6) is 0. The Hall–Kier alpha value is -1.12. The summed E-state index contributed by atoms with van der Waals surface area (Å²) in [6.07, 6.45) is 16.7. The molecule has 0 bridgehead atoms. The van der Waals surface area contributed by atoms with Crippen LogP contribution in [0.15, 0.2) is 48.1 Å². The second kappa shape index (κ2) is 8.21. The Morgan fingerprint density at radius 3 is 2.93 bits per heavy atom. The molecule has 2 heteroatoms. The number of ether oxygens (including phenoxy) is 1. The van der Waals surface area contributed by atoms with Crippen LogP contribution in [0.4, 0.5) is 0 Å². The molecule has 1 rings (SSSR count). The van der Waals surface area contributed by atoms with Gasteiger partial charge in [-0.15, -0.1) is 0 Å². The van der Waals surface area contributed by atoms with E-state index in [0.29, 0.717) is 13.2 Å². The van der Waals surface area contributed by atoms with Gasteiger partial charge in [0.25, 0.3) is 0 Å². The first-order chi connectivity index (χ1) is 7.43. The standard InChI is InChI=1S/C13H19NO/c14-10-12-15-11-6-9-13-7-4-2-1-3-5-8-13/h1-5,7,9H,6,8,10-12,14H2/b2-1?,5-3?,7-4?,13-9+. The highest BCUT2D eigenvalue weighted by molar-refractivity contribution is 5.28. The highest BCUT2D eigenvalue weighted by Gasteiger charge is 1.91. The van der Waals surface area contributed by atoms with E-state index in [2.05, 4.69) is 30.4 Å². The van der Waals surface area contributed by atoms with Gasteiger partial charge in [-0.2, -0.15) is 0 Å². The molecule has 0 aromatic heterocycles. The average Bonchev–Trinajstić information content (AvgIpc) is 2.20. The van der Waals surface area contributed by atoms with Gasteiger partial charge < -0.3 is 10.5 Å². The molecule has 1 aliphatic rings. The van der Waals surface area contributed by atoms with Crippen molar-refractivity contribution in [1.82, 2.24) is 0 Å². The van der Waals surface area contributed by atoms with Crippen LogP contribution >= 0.6 is 0 Å². The van der Waals surface area contributed by atoms with Gasteiger partial charge in [-0.25, -0.2) is 0 Å². The Balaban J connectivity index is 2.28. The summed E-state index contributed by atoms with van der Waals surface area (Å²) in [5.41, 5.74) is 6.66. The minimum atomic E-state index is 0.601. The Labute approximate surface area is 91.8 Å². The van der Waals surface area contributed by atoms with Crippen LogP contribution in [0.5, 0.6) is 0 Å². The third-order valence-corrected chi connectivity index (χ3v) is 2.06. The first-order valence-electron chi connectivity index (χ1n) is 5.40. The van der Waals surface area contributed by atoms with Gasteiger partial charge in [0, 0.05) is 6.54 Å². The van der Waals surface area contributed by atoms with Gasteiger partial charge in [-0.05, 0) is 18.4 Å². The van der Waals surface area contributed by atoms with Crippen molar-refractivity contribution < 1.29 is 4.74 Å². The summed E-state index contributed by atoms with van der Waals surface area (Å²) < 4.78 is 5.30. The van der Waals surface area contributed by atoms with E-state index in [9.17, 15) is 0 Å². The van der Waals surface area contributed by atoms with Gasteiger partial charge in [0.2, 0.25) is 0 Å². The molecule has 0 atom stereocenters. The van der Waals surface area contributed by atoms with Gasteiger partial charge in [0.05, 0.1) is 13.2 Å². The molecule has 0 fully saturated rings. The molecule has 0 amide bonds. The van der Waals surface area contributed by atoms with Crippen LogP contribution in [0.2, 0.25) is 0 Å². The molecular formula is C13H19NO. The molecule has 0 unspecified atom stereocenters. The van der Waals surface area contributed by atoms with E-state index in [1.165, 1.54) is 5.57 Å². The molecule has 0 aromatic rings. The van der Waals surface area contributed by atoms with Crippen molar-refractivity contribution in [2.75, 3.05) is 19.8 Å². The van der Waals surface area contributed by atoms with Gasteiger partial charge in [-0.3, -0.25) is 0 Å². The lowest BCUT2D eigenvalue weighted by Crippen LogP contribution is -2.08. The minimum Gasteiger partial charge on any atom is -0.380 e. The zero-order valence-corrected chi connectivity index (χ0v) is 9.06. The molecule has 0 heterocycles. The van der Waals surface area contributed by atoms with Crippen molar-refractivity contribution in [3.63, 3.8) is 0 Å². The van der Waals surface area contributed by atoms with Crippen LogP contribution in [0.3, 0.4) is 0 Å². The number of allylic oxidation sites excluding steroid dienone is 7. The van der Waals surface area contributed by atoms with Crippen molar-refractivity contribution in [3.8, 4) is 0 Å². The summed E-state index contributed by atoms with van der Waals surface area (Å²) in [5, 5.41) is 0. The first-order valence-corrected chi connectivity index (χ1v) is 5.40. The van der Waals surface area contributed by atoms with Gasteiger partial charge in [-0.1, -0.05) is 42.5 Å². The fourth-order valence-electron chi connectivity index (χ4n) is 1.32. The minimum absolute atomic E-state index is 0.601. The lowest BCUT2D eigenvalue weighted by molar-refractivity contribution is 0.146. The molecule has 0 radical (unpaired) electrons. The zero-order chi connectivity index (χ0) is 10.8. The van der Waals surface area contributed by atoms with Crippen LogP contribution in [0.25, 0.3) is 0 Å². The van der Waals surface area contributed by atoms with Gasteiger partial charge in [0.1, 0.15) is 0 Å². The average molecular weight is 205 g/mol. The molecule has 0 spiro atoms. The molecule has 0 aliphatic heterocycles. The highest BCUT2D eigenvalue weighted by atomic mass is 16.5. The topological polar surface area (TPSA) is 35.2 Å². The molecule has 2 nitrogen and oxygen atoms in total. The molecule has 0 saturated heterocycles. The number of nitrogens with two attached hydrogens (primary N) is 1. The molecule has 1 aliphatic carbocycles. The fraction of sp³-hybridized carbons (Fsp3) is 0.385. The smallest absolute Gasteiger partial charge is 0.0588 e. The van der Waals surface area contributed by atoms with Crippen LogP contribution in [-0.4, -0.2) is 19.8 Å². The molecular weight excluding hydrogens is 186 g/mol. The summed E-state index contributed by atoms with van der Waals surface area (Å²) in [6.45, 7) is 2.01. The first kappa shape index (κ1) is 12.0. The van der Waals surface area contributed by atoms with E-state index in [1.807, 2.05) is 12.2 Å². The molecule has 0 aromatic carbocycles. The Morgan fingerprint density at radius 1 is 1.20 bits per heavy atom.